The summed E-state index contributed by atoms with van der Waals surface area (Å²) in [4.78, 5) is 17.0. The second kappa shape index (κ2) is 10.6. The molecule has 0 saturated carbocycles. The molecule has 156 valence electrons. The van der Waals surface area contributed by atoms with E-state index in [1.807, 2.05) is 36.1 Å². The average molecular weight is 395 g/mol. The van der Waals surface area contributed by atoms with Crippen molar-refractivity contribution in [3.8, 4) is 0 Å². The molecule has 2 aromatic carbocycles. The van der Waals surface area contributed by atoms with Gasteiger partial charge in [0.2, 0.25) is 0 Å². The molecule has 0 atom stereocenters. The maximum atomic E-state index is 12.7. The third-order valence-electron chi connectivity index (χ3n) is 5.84. The van der Waals surface area contributed by atoms with Gasteiger partial charge in [0.25, 0.3) is 5.91 Å². The van der Waals surface area contributed by atoms with Gasteiger partial charge in [-0.15, -0.1) is 0 Å². The zero-order chi connectivity index (χ0) is 20.6. The molecule has 29 heavy (non-hydrogen) atoms. The number of aryl methyl sites for hydroxylation is 1. The Labute approximate surface area is 175 Å². The molecular formula is C25H34N2O2. The fraction of sp³-hybridized carbons (Fsp3) is 0.480. The van der Waals surface area contributed by atoms with Crippen molar-refractivity contribution in [3.63, 3.8) is 0 Å². The number of amides is 1. The zero-order valence-corrected chi connectivity index (χ0v) is 18.1. The van der Waals surface area contributed by atoms with Crippen LogP contribution in [0.3, 0.4) is 0 Å². The molecule has 1 heterocycles. The van der Waals surface area contributed by atoms with Crippen molar-refractivity contribution in [2.45, 2.75) is 32.7 Å². The molecule has 2 aromatic rings. The Morgan fingerprint density at radius 1 is 1.10 bits per heavy atom. The molecule has 0 aromatic heterocycles. The summed E-state index contributed by atoms with van der Waals surface area (Å²) in [5.74, 6) is 0.834. The summed E-state index contributed by atoms with van der Waals surface area (Å²) < 4.78 is 5.14. The average Bonchev–Trinajstić information content (AvgIpc) is 2.74. The molecule has 1 amide bonds. The number of carbonyl (C=O) groups is 1. The molecule has 0 aliphatic carbocycles. The Bertz CT molecular complexity index is 780. The third kappa shape index (κ3) is 6.41. The molecule has 1 aliphatic rings. The number of likely N-dealkylation sites (tertiary alicyclic amines) is 1. The second-order valence-corrected chi connectivity index (χ2v) is 8.36. The Kier molecular flexibility index (Phi) is 7.84. The molecule has 1 fully saturated rings. The zero-order valence-electron chi connectivity index (χ0n) is 18.1. The number of rotatable bonds is 8. The molecule has 3 rings (SSSR count). The molecule has 4 nitrogen and oxygen atoms in total. The summed E-state index contributed by atoms with van der Waals surface area (Å²) in [5.41, 5.74) is 4.69. The Morgan fingerprint density at radius 3 is 2.45 bits per heavy atom. The fourth-order valence-corrected chi connectivity index (χ4v) is 4.05. The Morgan fingerprint density at radius 2 is 1.79 bits per heavy atom. The molecule has 1 saturated heterocycles. The summed E-state index contributed by atoms with van der Waals surface area (Å²) in [5, 5.41) is 0. The molecule has 0 spiro atoms. The standard InChI is InChI=1S/C25H34N2O2/c1-20-5-4-6-24(17-20)25(28)27-13-11-22(12-14-27)18-21-7-9-23(10-8-21)19-26(2)15-16-29-3/h4-10,17,22H,11-16,18-19H2,1-3H3. The molecular weight excluding hydrogens is 360 g/mol. The van der Waals surface area contributed by atoms with Gasteiger partial charge in [-0.25, -0.2) is 0 Å². The van der Waals surface area contributed by atoms with Crippen LogP contribution in [0.1, 0.15) is 39.9 Å². The number of carbonyl (C=O) groups excluding carboxylic acids is 1. The number of nitrogens with zero attached hydrogens (tertiary/aromatic N) is 2. The number of benzene rings is 2. The number of hydrogen-bond acceptors (Lipinski definition) is 3. The largest absolute Gasteiger partial charge is 0.383 e. The van der Waals surface area contributed by atoms with E-state index in [0.29, 0.717) is 5.92 Å². The van der Waals surface area contributed by atoms with Crippen molar-refractivity contribution >= 4 is 5.91 Å². The van der Waals surface area contributed by atoms with Gasteiger partial charge < -0.3 is 9.64 Å². The van der Waals surface area contributed by atoms with Crippen LogP contribution >= 0.6 is 0 Å². The number of likely N-dealkylation sites (N-methyl/N-ethyl adjacent to an activating group) is 1. The lowest BCUT2D eigenvalue weighted by atomic mass is 9.89. The number of methoxy groups -OCH3 is 1. The predicted molar refractivity (Wildman–Crippen MR) is 118 cm³/mol. The SMILES string of the molecule is COCCN(C)Cc1ccc(CC2CCN(C(=O)c3cccc(C)c3)CC2)cc1. The van der Waals surface area contributed by atoms with Crippen LogP contribution in [0.4, 0.5) is 0 Å². The van der Waals surface area contributed by atoms with Gasteiger partial charge in [0, 0.05) is 38.9 Å². The van der Waals surface area contributed by atoms with Crippen LogP contribution in [0.2, 0.25) is 0 Å². The highest BCUT2D eigenvalue weighted by Crippen LogP contribution is 2.23. The minimum atomic E-state index is 0.175. The van der Waals surface area contributed by atoms with Crippen LogP contribution in [-0.2, 0) is 17.7 Å². The number of hydrogen-bond donors (Lipinski definition) is 0. The quantitative estimate of drug-likeness (QED) is 0.674. The van der Waals surface area contributed by atoms with E-state index < -0.39 is 0 Å². The van der Waals surface area contributed by atoms with Crippen LogP contribution in [0.15, 0.2) is 48.5 Å². The van der Waals surface area contributed by atoms with Crippen LogP contribution in [0.25, 0.3) is 0 Å². The topological polar surface area (TPSA) is 32.8 Å². The van der Waals surface area contributed by atoms with Crippen LogP contribution in [-0.4, -0.2) is 56.1 Å². The minimum Gasteiger partial charge on any atom is -0.383 e. The molecule has 0 bridgehead atoms. The van der Waals surface area contributed by atoms with Crippen molar-refractivity contribution in [2.24, 2.45) is 5.92 Å². The van der Waals surface area contributed by atoms with E-state index in [0.717, 1.165) is 63.2 Å². The summed E-state index contributed by atoms with van der Waals surface area (Å²) in [6.07, 6.45) is 3.27. The summed E-state index contributed by atoms with van der Waals surface area (Å²) in [6.45, 7) is 6.41. The highest BCUT2D eigenvalue weighted by Gasteiger charge is 2.23. The van der Waals surface area contributed by atoms with Crippen LogP contribution in [0, 0.1) is 12.8 Å². The van der Waals surface area contributed by atoms with Gasteiger partial charge in [0.1, 0.15) is 0 Å². The van der Waals surface area contributed by atoms with Crippen molar-refractivity contribution in [3.05, 3.63) is 70.8 Å². The van der Waals surface area contributed by atoms with Gasteiger partial charge in [-0.1, -0.05) is 42.0 Å². The van der Waals surface area contributed by atoms with Crippen molar-refractivity contribution < 1.29 is 9.53 Å². The first-order chi connectivity index (χ1) is 14.0. The van der Waals surface area contributed by atoms with E-state index in [9.17, 15) is 4.79 Å². The van der Waals surface area contributed by atoms with E-state index in [-0.39, 0.29) is 5.91 Å². The van der Waals surface area contributed by atoms with E-state index in [1.165, 1.54) is 11.1 Å². The minimum absolute atomic E-state index is 0.175. The van der Waals surface area contributed by atoms with E-state index in [1.54, 1.807) is 7.11 Å². The molecule has 0 unspecified atom stereocenters. The lowest BCUT2D eigenvalue weighted by Gasteiger charge is -2.32. The third-order valence-corrected chi connectivity index (χ3v) is 5.84. The maximum absolute atomic E-state index is 12.7. The lowest BCUT2D eigenvalue weighted by molar-refractivity contribution is 0.0690. The van der Waals surface area contributed by atoms with E-state index in [2.05, 4.69) is 36.2 Å². The van der Waals surface area contributed by atoms with Gasteiger partial charge >= 0.3 is 0 Å². The fourth-order valence-electron chi connectivity index (χ4n) is 4.05. The van der Waals surface area contributed by atoms with Gasteiger partial charge in [0.05, 0.1) is 6.61 Å². The van der Waals surface area contributed by atoms with E-state index >= 15 is 0 Å². The van der Waals surface area contributed by atoms with Crippen LogP contribution < -0.4 is 0 Å². The summed E-state index contributed by atoms with van der Waals surface area (Å²) in [7, 11) is 3.87. The van der Waals surface area contributed by atoms with Gasteiger partial charge in [0.15, 0.2) is 0 Å². The monoisotopic (exact) mass is 394 g/mol. The van der Waals surface area contributed by atoms with Gasteiger partial charge in [-0.3, -0.25) is 9.69 Å². The predicted octanol–water partition coefficient (Wildman–Crippen LogP) is 4.17. The highest BCUT2D eigenvalue weighted by atomic mass is 16.5. The molecule has 0 radical (unpaired) electrons. The first-order valence-corrected chi connectivity index (χ1v) is 10.7. The smallest absolute Gasteiger partial charge is 0.253 e. The Hall–Kier alpha value is -2.17. The maximum Gasteiger partial charge on any atom is 0.253 e. The lowest BCUT2D eigenvalue weighted by Crippen LogP contribution is -2.38. The van der Waals surface area contributed by atoms with Crippen molar-refractivity contribution in [2.75, 3.05) is 40.4 Å². The summed E-state index contributed by atoms with van der Waals surface area (Å²) in [6, 6.07) is 16.9. The first-order valence-electron chi connectivity index (χ1n) is 10.7. The molecule has 0 N–H and O–H groups in total. The normalized spacial score (nSPS) is 15.1. The second-order valence-electron chi connectivity index (χ2n) is 8.36. The summed E-state index contributed by atoms with van der Waals surface area (Å²) >= 11 is 0. The van der Waals surface area contributed by atoms with Crippen molar-refractivity contribution in [1.29, 1.82) is 0 Å². The highest BCUT2D eigenvalue weighted by molar-refractivity contribution is 5.94. The number of piperidine rings is 1. The molecule has 1 aliphatic heterocycles. The van der Waals surface area contributed by atoms with Gasteiger partial charge in [-0.2, -0.15) is 0 Å². The number of ether oxygens (including phenoxy) is 1. The Balaban J connectivity index is 1.46. The molecule has 4 heteroatoms. The van der Waals surface area contributed by atoms with E-state index in [4.69, 9.17) is 4.74 Å². The van der Waals surface area contributed by atoms with Crippen LogP contribution in [0.5, 0.6) is 0 Å². The first kappa shape index (κ1) is 21.5. The van der Waals surface area contributed by atoms with Crippen molar-refractivity contribution in [1.82, 2.24) is 9.80 Å². The van der Waals surface area contributed by atoms with Gasteiger partial charge in [-0.05, 0) is 62.4 Å².